The summed E-state index contributed by atoms with van der Waals surface area (Å²) in [6, 6.07) is 6.19. The number of non-ortho nitro benzene ring substituents is 1. The Morgan fingerprint density at radius 3 is 2.65 bits per heavy atom. The van der Waals surface area contributed by atoms with E-state index >= 15 is 0 Å². The Balaban J connectivity index is 2.11. The zero-order valence-corrected chi connectivity index (χ0v) is 11.4. The van der Waals surface area contributed by atoms with Crippen LogP contribution in [0.5, 0.6) is 0 Å². The first-order valence-electron chi connectivity index (χ1n) is 5.70. The van der Waals surface area contributed by atoms with Gasteiger partial charge in [-0.1, -0.05) is 6.08 Å². The van der Waals surface area contributed by atoms with Crippen molar-refractivity contribution >= 4 is 35.1 Å². The molecule has 7 heteroatoms. The quantitative estimate of drug-likeness (QED) is 0.692. The topological polar surface area (TPSA) is 85.1 Å². The van der Waals surface area contributed by atoms with Crippen molar-refractivity contribution in [1.29, 1.82) is 0 Å². The summed E-state index contributed by atoms with van der Waals surface area (Å²) < 4.78 is 0. The maximum atomic E-state index is 11.4. The second-order valence-corrected chi connectivity index (χ2v) is 4.89. The first-order chi connectivity index (χ1) is 9.60. The van der Waals surface area contributed by atoms with Crippen molar-refractivity contribution in [3.63, 3.8) is 0 Å². The van der Waals surface area contributed by atoms with Crippen LogP contribution in [0.1, 0.15) is 20.2 Å². The van der Waals surface area contributed by atoms with Crippen LogP contribution < -0.4 is 5.32 Å². The Morgan fingerprint density at radius 2 is 2.05 bits per heavy atom. The van der Waals surface area contributed by atoms with Gasteiger partial charge in [-0.25, -0.2) is 4.98 Å². The van der Waals surface area contributed by atoms with Crippen LogP contribution in [0.2, 0.25) is 0 Å². The van der Waals surface area contributed by atoms with Gasteiger partial charge in [0.2, 0.25) is 0 Å². The monoisotopic (exact) mass is 289 g/mol. The molecule has 2 rings (SSSR count). The Kier molecular flexibility index (Phi) is 4.21. The molecule has 0 aliphatic carbocycles. The number of nitrogens with zero attached hydrogens (tertiary/aromatic N) is 2. The molecule has 1 aromatic carbocycles. The molecule has 0 spiro atoms. The van der Waals surface area contributed by atoms with Crippen molar-refractivity contribution in [2.45, 2.75) is 0 Å². The van der Waals surface area contributed by atoms with Crippen LogP contribution in [0.3, 0.4) is 0 Å². The molecule has 20 heavy (non-hydrogen) atoms. The van der Waals surface area contributed by atoms with E-state index in [9.17, 15) is 14.9 Å². The second kappa shape index (κ2) is 6.07. The summed E-state index contributed by atoms with van der Waals surface area (Å²) in [4.78, 5) is 26.1. The van der Waals surface area contributed by atoms with E-state index in [1.165, 1.54) is 29.7 Å². The van der Waals surface area contributed by atoms with E-state index in [2.05, 4.69) is 10.3 Å². The summed E-state index contributed by atoms with van der Waals surface area (Å²) in [7, 11) is 1.56. The third kappa shape index (κ3) is 3.27. The van der Waals surface area contributed by atoms with Crippen LogP contribution in [0.15, 0.2) is 30.5 Å². The predicted octanol–water partition coefficient (Wildman–Crippen LogP) is 2.58. The number of amides is 1. The van der Waals surface area contributed by atoms with Gasteiger partial charge in [0.25, 0.3) is 11.6 Å². The highest BCUT2D eigenvalue weighted by atomic mass is 32.1. The lowest BCUT2D eigenvalue weighted by molar-refractivity contribution is -0.384. The average molecular weight is 289 g/mol. The van der Waals surface area contributed by atoms with Crippen molar-refractivity contribution in [1.82, 2.24) is 10.3 Å². The predicted molar refractivity (Wildman–Crippen MR) is 77.5 cm³/mol. The fraction of sp³-hybridized carbons (Fsp3) is 0.0769. The standard InChI is InChI=1S/C13H11N3O3S/c1-14-13(17)11-8-15-12(20-11)7-4-9-2-5-10(6-3-9)16(18)19/h2-8H,1H3,(H,14,17)/b7-4-. The lowest BCUT2D eigenvalue weighted by atomic mass is 10.2. The van der Waals surface area contributed by atoms with Crippen LogP contribution in [-0.4, -0.2) is 22.9 Å². The number of thiazole rings is 1. The van der Waals surface area contributed by atoms with Crippen molar-refractivity contribution in [3.05, 3.63) is 56.0 Å². The summed E-state index contributed by atoms with van der Waals surface area (Å²) in [5.74, 6) is -0.169. The number of nitrogens with one attached hydrogen (secondary N) is 1. The van der Waals surface area contributed by atoms with Crippen molar-refractivity contribution in [2.24, 2.45) is 0 Å². The number of rotatable bonds is 4. The molecule has 0 unspecified atom stereocenters. The van der Waals surface area contributed by atoms with Crippen LogP contribution in [0.25, 0.3) is 12.2 Å². The highest BCUT2D eigenvalue weighted by molar-refractivity contribution is 7.14. The molecule has 0 atom stereocenters. The van der Waals surface area contributed by atoms with Gasteiger partial charge in [0.15, 0.2) is 0 Å². The number of carbonyl (C=O) groups is 1. The zero-order valence-electron chi connectivity index (χ0n) is 10.6. The van der Waals surface area contributed by atoms with E-state index < -0.39 is 4.92 Å². The summed E-state index contributed by atoms with van der Waals surface area (Å²) in [5, 5.41) is 13.8. The molecule has 2 aromatic rings. The van der Waals surface area contributed by atoms with Gasteiger partial charge in [-0.05, 0) is 23.8 Å². The molecular formula is C13H11N3O3S. The normalized spacial score (nSPS) is 10.7. The highest BCUT2D eigenvalue weighted by Crippen LogP contribution is 2.17. The molecule has 0 aliphatic heterocycles. The van der Waals surface area contributed by atoms with Gasteiger partial charge < -0.3 is 5.32 Å². The van der Waals surface area contributed by atoms with Gasteiger partial charge in [-0.3, -0.25) is 14.9 Å². The lowest BCUT2D eigenvalue weighted by Gasteiger charge is -1.93. The summed E-state index contributed by atoms with van der Waals surface area (Å²) in [6.45, 7) is 0. The van der Waals surface area contributed by atoms with Crippen LogP contribution in [-0.2, 0) is 0 Å². The van der Waals surface area contributed by atoms with E-state index in [0.717, 1.165) is 5.56 Å². The molecule has 6 nitrogen and oxygen atoms in total. The van der Waals surface area contributed by atoms with Crippen molar-refractivity contribution < 1.29 is 9.72 Å². The number of nitro benzene ring substituents is 1. The summed E-state index contributed by atoms with van der Waals surface area (Å²) in [5.41, 5.74) is 0.880. The second-order valence-electron chi connectivity index (χ2n) is 3.82. The van der Waals surface area contributed by atoms with Gasteiger partial charge in [0.05, 0.1) is 11.1 Å². The Bertz CT molecular complexity index is 662. The van der Waals surface area contributed by atoms with Gasteiger partial charge in [-0.15, -0.1) is 11.3 Å². The number of benzene rings is 1. The van der Waals surface area contributed by atoms with E-state index in [1.54, 1.807) is 31.3 Å². The van der Waals surface area contributed by atoms with Gasteiger partial charge in [0.1, 0.15) is 9.88 Å². The molecule has 0 saturated heterocycles. The largest absolute Gasteiger partial charge is 0.354 e. The lowest BCUT2D eigenvalue weighted by Crippen LogP contribution is -2.16. The summed E-state index contributed by atoms with van der Waals surface area (Å²) in [6.07, 6.45) is 5.06. The molecular weight excluding hydrogens is 278 g/mol. The Hall–Kier alpha value is -2.54. The number of carbonyl (C=O) groups excluding carboxylic acids is 1. The molecule has 0 bridgehead atoms. The minimum absolute atomic E-state index is 0.0540. The van der Waals surface area contributed by atoms with Gasteiger partial charge >= 0.3 is 0 Å². The third-order valence-corrected chi connectivity index (χ3v) is 3.46. The first kappa shape index (κ1) is 13.9. The molecule has 0 fully saturated rings. The molecule has 102 valence electrons. The molecule has 0 aliphatic rings. The molecule has 1 N–H and O–H groups in total. The molecule has 0 radical (unpaired) electrons. The SMILES string of the molecule is CNC(=O)c1cnc(/C=C\c2ccc([N+](=O)[O-])cc2)s1. The smallest absolute Gasteiger partial charge is 0.269 e. The summed E-state index contributed by atoms with van der Waals surface area (Å²) >= 11 is 1.27. The van der Waals surface area contributed by atoms with Crippen LogP contribution in [0.4, 0.5) is 5.69 Å². The van der Waals surface area contributed by atoms with E-state index in [0.29, 0.717) is 9.88 Å². The van der Waals surface area contributed by atoms with Crippen LogP contribution in [0, 0.1) is 10.1 Å². The maximum Gasteiger partial charge on any atom is 0.269 e. The number of hydrogen-bond acceptors (Lipinski definition) is 5. The fourth-order valence-corrected chi connectivity index (χ4v) is 2.23. The number of hydrogen-bond donors (Lipinski definition) is 1. The third-order valence-electron chi connectivity index (χ3n) is 2.50. The first-order valence-corrected chi connectivity index (χ1v) is 6.52. The maximum absolute atomic E-state index is 11.4. The van der Waals surface area contributed by atoms with Gasteiger partial charge in [-0.2, -0.15) is 0 Å². The minimum atomic E-state index is -0.441. The zero-order chi connectivity index (χ0) is 14.5. The number of aromatic nitrogens is 1. The van der Waals surface area contributed by atoms with E-state index in [4.69, 9.17) is 0 Å². The average Bonchev–Trinajstić information content (AvgIpc) is 2.93. The van der Waals surface area contributed by atoms with Gasteiger partial charge in [0, 0.05) is 19.2 Å². The van der Waals surface area contributed by atoms with Crippen molar-refractivity contribution in [2.75, 3.05) is 7.05 Å². The highest BCUT2D eigenvalue weighted by Gasteiger charge is 2.07. The number of nitro groups is 1. The Morgan fingerprint density at radius 1 is 1.35 bits per heavy atom. The minimum Gasteiger partial charge on any atom is -0.354 e. The van der Waals surface area contributed by atoms with Crippen molar-refractivity contribution in [3.8, 4) is 0 Å². The molecule has 1 heterocycles. The Labute approximate surface area is 118 Å². The van der Waals surface area contributed by atoms with E-state index in [-0.39, 0.29) is 11.6 Å². The van der Waals surface area contributed by atoms with E-state index in [1.807, 2.05) is 0 Å². The molecule has 0 saturated carbocycles. The van der Waals surface area contributed by atoms with Crippen LogP contribution >= 0.6 is 11.3 Å². The molecule has 1 amide bonds. The fourth-order valence-electron chi connectivity index (χ4n) is 1.47. The molecule has 1 aromatic heterocycles.